The Labute approximate surface area is 303 Å². The van der Waals surface area contributed by atoms with Crippen LogP contribution in [0.5, 0.6) is 11.5 Å². The van der Waals surface area contributed by atoms with Crippen LogP contribution < -0.4 is 9.47 Å². The van der Waals surface area contributed by atoms with Gasteiger partial charge in [-0.25, -0.2) is 9.97 Å². The molecule has 0 saturated heterocycles. The molecule has 1 N–H and O–H groups in total. The summed E-state index contributed by atoms with van der Waals surface area (Å²) < 4.78 is 34.7. The van der Waals surface area contributed by atoms with Crippen molar-refractivity contribution in [2.75, 3.05) is 79.2 Å². The quantitative estimate of drug-likeness (QED) is 0.121. The maximum absolute atomic E-state index is 12.3. The van der Waals surface area contributed by atoms with E-state index in [9.17, 15) is 9.90 Å². The van der Waals surface area contributed by atoms with E-state index in [-0.39, 0.29) is 17.2 Å². The molecule has 0 unspecified atom stereocenters. The predicted molar refractivity (Wildman–Crippen MR) is 200 cm³/mol. The van der Waals surface area contributed by atoms with Gasteiger partial charge in [0, 0.05) is 41.9 Å². The Hall–Kier alpha value is -5.07. The molecular formula is C41H45N3O8. The van der Waals surface area contributed by atoms with E-state index in [4.69, 9.17) is 38.4 Å². The highest BCUT2D eigenvalue weighted by Gasteiger charge is 2.17. The fraction of sp³-hybridized carbons (Fsp3) is 0.341. The lowest BCUT2D eigenvalue weighted by Crippen LogP contribution is -2.34. The number of carbonyl (C=O) groups is 1. The Morgan fingerprint density at radius 1 is 0.538 bits per heavy atom. The highest BCUT2D eigenvalue weighted by Crippen LogP contribution is 2.30. The van der Waals surface area contributed by atoms with Crippen LogP contribution in [0.1, 0.15) is 13.8 Å². The number of carbonyl (C=O) groups excluding carboxylic acids is 1. The zero-order chi connectivity index (χ0) is 36.1. The molecule has 0 saturated carbocycles. The third-order valence-electron chi connectivity index (χ3n) is 8.56. The number of Topliss-reactive ketones (excluding diaryl/α,β-unsaturated/α-hetero) is 1. The molecule has 8 rings (SSSR count). The number of fused-ring (bicyclic) bond motifs is 2. The summed E-state index contributed by atoms with van der Waals surface area (Å²) in [5.41, 5.74) is 5.60. The van der Waals surface area contributed by atoms with E-state index in [1.54, 1.807) is 4.90 Å². The van der Waals surface area contributed by atoms with E-state index in [2.05, 4.69) is 24.3 Å². The molecule has 272 valence electrons. The lowest BCUT2D eigenvalue weighted by Gasteiger charge is -2.26. The summed E-state index contributed by atoms with van der Waals surface area (Å²) in [5.74, 6) is 1.22. The Kier molecular flexibility index (Phi) is 13.0. The highest BCUT2D eigenvalue weighted by molar-refractivity contribution is 6.04. The molecule has 8 bridgehead atoms. The Morgan fingerprint density at radius 2 is 0.923 bits per heavy atom. The van der Waals surface area contributed by atoms with E-state index in [1.165, 1.54) is 13.8 Å². The maximum Gasteiger partial charge on any atom is 0.179 e. The van der Waals surface area contributed by atoms with Crippen LogP contribution in [0, 0.1) is 0 Å². The van der Waals surface area contributed by atoms with E-state index < -0.39 is 0 Å². The highest BCUT2D eigenvalue weighted by atomic mass is 16.5. The minimum atomic E-state index is -0.225. The molecule has 0 amide bonds. The number of aliphatic hydroxyl groups is 1. The van der Waals surface area contributed by atoms with Crippen LogP contribution in [0.3, 0.4) is 0 Å². The van der Waals surface area contributed by atoms with Gasteiger partial charge in [0.2, 0.25) is 0 Å². The Bertz CT molecular complexity index is 1840. The van der Waals surface area contributed by atoms with Crippen LogP contribution in [0.4, 0.5) is 0 Å². The first-order chi connectivity index (χ1) is 25.5. The molecule has 0 atom stereocenters. The Balaban J connectivity index is 1.15. The van der Waals surface area contributed by atoms with Crippen molar-refractivity contribution < 1.29 is 38.3 Å². The normalized spacial score (nSPS) is 16.5. The van der Waals surface area contributed by atoms with Crippen molar-refractivity contribution in [2.45, 2.75) is 13.8 Å². The predicted octanol–water partition coefficient (Wildman–Crippen LogP) is 6.64. The number of pyridine rings is 2. The van der Waals surface area contributed by atoms with Gasteiger partial charge >= 0.3 is 0 Å². The third kappa shape index (κ3) is 9.83. The van der Waals surface area contributed by atoms with Crippen LogP contribution in [-0.4, -0.2) is 105 Å². The second kappa shape index (κ2) is 18.4. The standard InChI is InChI=1S/C41H45N3O8/c1-29(45)41(30(2)46)44-17-19-47-21-23-49-25-27-51-35-11-5-31(6-12-35)37-15-9-33-3-4-34-10-16-38(43-40(34)39(33)42-37)32-7-13-36(14-8-32)52-28-26-50-24-22-48-20-18-44/h3-16,45H,17-28H2,1-2H3. The van der Waals surface area contributed by atoms with Crippen molar-refractivity contribution in [3.05, 3.63) is 96.4 Å². The van der Waals surface area contributed by atoms with Crippen LogP contribution in [0.2, 0.25) is 0 Å². The largest absolute Gasteiger partial charge is 0.510 e. The van der Waals surface area contributed by atoms with E-state index in [0.29, 0.717) is 79.2 Å². The monoisotopic (exact) mass is 707 g/mol. The van der Waals surface area contributed by atoms with Gasteiger partial charge in [-0.05, 0) is 67.6 Å². The lowest BCUT2D eigenvalue weighted by molar-refractivity contribution is -0.115. The number of aromatic nitrogens is 2. The van der Waals surface area contributed by atoms with Crippen molar-refractivity contribution >= 4 is 27.6 Å². The minimum absolute atomic E-state index is 0.0379. The summed E-state index contributed by atoms with van der Waals surface area (Å²) in [5, 5.41) is 12.2. The first kappa shape index (κ1) is 36.7. The number of ether oxygens (including phenoxy) is 6. The summed E-state index contributed by atoms with van der Waals surface area (Å²) in [7, 11) is 0. The SMILES string of the molecule is CC(=O)C(=C(C)O)N1CCOCCOCCOc2ccc(cc2)-c2ccc3ccc4ccc(nc4c3n2)-c2ccc(cc2)OCCOCCOCC1. The summed E-state index contributed by atoms with van der Waals surface area (Å²) >= 11 is 0. The number of hydrogen-bond donors (Lipinski definition) is 1. The molecule has 0 radical (unpaired) electrons. The molecule has 2 aromatic heterocycles. The molecule has 0 fully saturated rings. The van der Waals surface area contributed by atoms with Crippen LogP contribution >= 0.6 is 0 Å². The first-order valence-corrected chi connectivity index (χ1v) is 17.6. The molecule has 3 aliphatic rings. The number of ketones is 1. The van der Waals surface area contributed by atoms with Gasteiger partial charge in [0.25, 0.3) is 0 Å². The molecule has 3 aromatic carbocycles. The fourth-order valence-electron chi connectivity index (χ4n) is 6.01. The summed E-state index contributed by atoms with van der Waals surface area (Å²) in [6.45, 7) is 7.61. The topological polar surface area (TPSA) is 122 Å². The van der Waals surface area contributed by atoms with Gasteiger partial charge < -0.3 is 38.4 Å². The van der Waals surface area contributed by atoms with E-state index >= 15 is 0 Å². The van der Waals surface area contributed by atoms with Gasteiger partial charge in [-0.2, -0.15) is 0 Å². The molecule has 5 aromatic rings. The van der Waals surface area contributed by atoms with Crippen molar-refractivity contribution in [2.24, 2.45) is 0 Å². The van der Waals surface area contributed by atoms with Crippen LogP contribution in [0.25, 0.3) is 44.3 Å². The van der Waals surface area contributed by atoms with Gasteiger partial charge in [0.15, 0.2) is 5.78 Å². The third-order valence-corrected chi connectivity index (χ3v) is 8.56. The summed E-state index contributed by atoms with van der Waals surface area (Å²) in [4.78, 5) is 24.2. The molecule has 0 aliphatic carbocycles. The van der Waals surface area contributed by atoms with Gasteiger partial charge in [-0.3, -0.25) is 4.79 Å². The lowest BCUT2D eigenvalue weighted by atomic mass is 10.1. The first-order valence-electron chi connectivity index (χ1n) is 17.6. The number of hydrogen-bond acceptors (Lipinski definition) is 11. The second-order valence-corrected chi connectivity index (χ2v) is 12.3. The number of nitrogens with zero attached hydrogens (tertiary/aromatic N) is 3. The molecule has 3 aliphatic heterocycles. The summed E-state index contributed by atoms with van der Waals surface area (Å²) in [6, 6.07) is 28.1. The fourth-order valence-corrected chi connectivity index (χ4v) is 6.01. The number of benzene rings is 3. The van der Waals surface area contributed by atoms with Crippen molar-refractivity contribution in [1.82, 2.24) is 14.9 Å². The van der Waals surface area contributed by atoms with Crippen molar-refractivity contribution in [1.29, 1.82) is 0 Å². The Morgan fingerprint density at radius 3 is 1.33 bits per heavy atom. The minimum Gasteiger partial charge on any atom is -0.510 e. The van der Waals surface area contributed by atoms with Gasteiger partial charge in [0.05, 0.1) is 75.3 Å². The van der Waals surface area contributed by atoms with Crippen LogP contribution in [0.15, 0.2) is 96.4 Å². The second-order valence-electron chi connectivity index (χ2n) is 12.3. The maximum atomic E-state index is 12.3. The molecule has 52 heavy (non-hydrogen) atoms. The zero-order valence-corrected chi connectivity index (χ0v) is 29.7. The smallest absolute Gasteiger partial charge is 0.179 e. The van der Waals surface area contributed by atoms with Crippen LogP contribution in [-0.2, 0) is 23.7 Å². The van der Waals surface area contributed by atoms with Gasteiger partial charge in [-0.1, -0.05) is 24.3 Å². The molecular weight excluding hydrogens is 662 g/mol. The average molecular weight is 708 g/mol. The van der Waals surface area contributed by atoms with Crippen molar-refractivity contribution in [3.8, 4) is 34.0 Å². The number of aliphatic hydroxyl groups excluding tert-OH is 1. The molecule has 11 nitrogen and oxygen atoms in total. The van der Waals surface area contributed by atoms with E-state index in [1.807, 2.05) is 60.7 Å². The average Bonchev–Trinajstić information content (AvgIpc) is 3.15. The van der Waals surface area contributed by atoms with Crippen molar-refractivity contribution in [3.63, 3.8) is 0 Å². The molecule has 11 heteroatoms. The number of allylic oxidation sites excluding steroid dienone is 2. The van der Waals surface area contributed by atoms with Gasteiger partial charge in [0.1, 0.15) is 36.2 Å². The molecule has 0 spiro atoms. The molecule has 5 heterocycles. The zero-order valence-electron chi connectivity index (χ0n) is 29.7. The van der Waals surface area contributed by atoms with E-state index in [0.717, 1.165) is 55.8 Å². The van der Waals surface area contributed by atoms with Gasteiger partial charge in [-0.15, -0.1) is 0 Å². The summed E-state index contributed by atoms with van der Waals surface area (Å²) in [6.07, 6.45) is 0. The number of rotatable bonds is 2.